The average molecular weight is 233 g/mol. The molecule has 0 unspecified atom stereocenters. The van der Waals surface area contributed by atoms with Gasteiger partial charge in [0.15, 0.2) is 0 Å². The maximum Gasteiger partial charge on any atom is 0.101 e. The molecule has 16 heavy (non-hydrogen) atoms. The van der Waals surface area contributed by atoms with E-state index in [-0.39, 0.29) is 0 Å². The van der Waals surface area contributed by atoms with Gasteiger partial charge in [-0.1, -0.05) is 18.2 Å². The number of amidine groups is 1. The van der Waals surface area contributed by atoms with Crippen molar-refractivity contribution in [2.24, 2.45) is 4.99 Å². The van der Waals surface area contributed by atoms with Gasteiger partial charge in [-0.05, 0) is 23.9 Å². The highest BCUT2D eigenvalue weighted by Crippen LogP contribution is 2.30. The second-order valence-corrected chi connectivity index (χ2v) is 4.89. The van der Waals surface area contributed by atoms with E-state index < -0.39 is 6.85 Å². The van der Waals surface area contributed by atoms with Crippen molar-refractivity contribution in [2.75, 3.05) is 13.1 Å². The van der Waals surface area contributed by atoms with Crippen molar-refractivity contribution in [1.82, 2.24) is 5.32 Å². The van der Waals surface area contributed by atoms with Gasteiger partial charge in [-0.2, -0.15) is 0 Å². The van der Waals surface area contributed by atoms with Crippen LogP contribution < -0.4 is 5.32 Å². The molecule has 0 saturated carbocycles. The summed E-state index contributed by atoms with van der Waals surface area (Å²) in [5.74, 6) is 0.897. The van der Waals surface area contributed by atoms with E-state index in [0.29, 0.717) is 11.3 Å². The van der Waals surface area contributed by atoms with Crippen LogP contribution in [0.15, 0.2) is 29.3 Å². The van der Waals surface area contributed by atoms with Crippen molar-refractivity contribution < 1.29 is 4.11 Å². The van der Waals surface area contributed by atoms with E-state index in [0.717, 1.165) is 34.6 Å². The van der Waals surface area contributed by atoms with Gasteiger partial charge in [-0.15, -0.1) is 11.3 Å². The summed E-state index contributed by atoms with van der Waals surface area (Å²) in [6.45, 7) is -0.431. The monoisotopic (exact) mass is 233 g/mol. The number of nitrogens with zero attached hydrogens (tertiary/aromatic N) is 1. The fourth-order valence-electron chi connectivity index (χ4n) is 2.01. The summed E-state index contributed by atoms with van der Waals surface area (Å²) in [7, 11) is 0. The Morgan fingerprint density at radius 1 is 1.50 bits per heavy atom. The van der Waals surface area contributed by atoms with Gasteiger partial charge >= 0.3 is 0 Å². The molecular formula is C13H14N2S. The number of hydrogen-bond acceptors (Lipinski definition) is 3. The topological polar surface area (TPSA) is 24.4 Å². The summed E-state index contributed by atoms with van der Waals surface area (Å²) < 4.78 is 24.1. The second-order valence-electron chi connectivity index (χ2n) is 3.84. The summed E-state index contributed by atoms with van der Waals surface area (Å²) in [6, 6.07) is 7.86. The molecule has 0 radical (unpaired) electrons. The first-order valence-electron chi connectivity index (χ1n) is 6.84. The van der Waals surface area contributed by atoms with E-state index in [1.54, 1.807) is 0 Å². The summed E-state index contributed by atoms with van der Waals surface area (Å²) in [4.78, 5) is 4.86. The van der Waals surface area contributed by atoms with E-state index in [2.05, 4.69) is 10.3 Å². The van der Waals surface area contributed by atoms with Crippen molar-refractivity contribution in [3.63, 3.8) is 0 Å². The van der Waals surface area contributed by atoms with Crippen molar-refractivity contribution >= 4 is 27.3 Å². The zero-order valence-corrected chi connectivity index (χ0v) is 9.60. The van der Waals surface area contributed by atoms with Crippen LogP contribution >= 0.6 is 11.3 Å². The maximum absolute atomic E-state index is 7.70. The molecular weight excluding hydrogens is 216 g/mol. The molecule has 3 heteroatoms. The Morgan fingerprint density at radius 3 is 3.25 bits per heavy atom. The minimum atomic E-state index is -2.06. The molecule has 1 N–H and O–H groups in total. The minimum absolute atomic E-state index is 0.491. The van der Waals surface area contributed by atoms with Gasteiger partial charge in [-0.3, -0.25) is 4.99 Å². The Bertz CT molecular complexity index is 643. The third-order valence-electron chi connectivity index (χ3n) is 2.79. The molecule has 2 aromatic rings. The molecule has 0 fully saturated rings. The third-order valence-corrected chi connectivity index (χ3v) is 3.81. The molecule has 0 spiro atoms. The van der Waals surface area contributed by atoms with Crippen LogP contribution in [0, 0.1) is 6.85 Å². The van der Waals surface area contributed by atoms with Crippen LogP contribution in [0.4, 0.5) is 0 Å². The highest BCUT2D eigenvalue weighted by molar-refractivity contribution is 7.19. The molecule has 1 aliphatic heterocycles. The predicted molar refractivity (Wildman–Crippen MR) is 70.6 cm³/mol. The first-order valence-corrected chi connectivity index (χ1v) is 6.15. The van der Waals surface area contributed by atoms with Gasteiger partial charge in [0.05, 0.1) is 6.54 Å². The summed E-state index contributed by atoms with van der Waals surface area (Å²) in [5, 5.41) is 4.25. The standard InChI is InChI=1S/C13H14N2S/c1-9-11(8-13-14-6-7-15-13)10-4-2-3-5-12(10)16-9/h2-5H,6-8H2,1H3,(H,14,15)/i1D3. The van der Waals surface area contributed by atoms with Crippen molar-refractivity contribution in [3.8, 4) is 0 Å². The largest absolute Gasteiger partial charge is 0.372 e. The van der Waals surface area contributed by atoms with Gasteiger partial charge in [0, 0.05) is 26.7 Å². The molecule has 1 aromatic carbocycles. The van der Waals surface area contributed by atoms with Gasteiger partial charge < -0.3 is 5.32 Å². The summed E-state index contributed by atoms with van der Waals surface area (Å²) in [6.07, 6.45) is 0.581. The third kappa shape index (κ3) is 1.61. The normalized spacial score (nSPS) is 18.8. The molecule has 0 amide bonds. The number of thiophene rings is 1. The lowest BCUT2D eigenvalue weighted by molar-refractivity contribution is 0.953. The van der Waals surface area contributed by atoms with Crippen LogP contribution in [0.1, 0.15) is 14.6 Å². The van der Waals surface area contributed by atoms with Gasteiger partial charge in [-0.25, -0.2) is 0 Å². The van der Waals surface area contributed by atoms with E-state index in [1.807, 2.05) is 24.3 Å². The first-order chi connectivity index (χ1) is 9.05. The van der Waals surface area contributed by atoms with Crippen LogP contribution in [-0.4, -0.2) is 18.9 Å². The van der Waals surface area contributed by atoms with E-state index in [9.17, 15) is 0 Å². The van der Waals surface area contributed by atoms with Crippen LogP contribution in [0.5, 0.6) is 0 Å². The molecule has 2 heterocycles. The predicted octanol–water partition coefficient (Wildman–Crippen LogP) is 2.75. The quantitative estimate of drug-likeness (QED) is 0.847. The molecule has 1 aromatic heterocycles. The van der Waals surface area contributed by atoms with Crippen LogP contribution in [0.3, 0.4) is 0 Å². The fourth-order valence-corrected chi connectivity index (χ4v) is 2.98. The lowest BCUT2D eigenvalue weighted by Crippen LogP contribution is -2.20. The highest BCUT2D eigenvalue weighted by Gasteiger charge is 2.12. The molecule has 0 bridgehead atoms. The Hall–Kier alpha value is -1.35. The SMILES string of the molecule is [2H]C([2H])([2H])c1sc2ccccc2c1CC1=NCCN1. The molecule has 0 atom stereocenters. The fraction of sp³-hybridized carbons (Fsp3) is 0.308. The van der Waals surface area contributed by atoms with Crippen LogP contribution in [0.2, 0.25) is 0 Å². The average Bonchev–Trinajstić information content (AvgIpc) is 2.97. The lowest BCUT2D eigenvalue weighted by Gasteiger charge is -2.02. The van der Waals surface area contributed by atoms with Crippen molar-refractivity contribution in [3.05, 3.63) is 34.7 Å². The number of aliphatic imine (C=N–C) groups is 1. The van der Waals surface area contributed by atoms with E-state index in [4.69, 9.17) is 4.11 Å². The van der Waals surface area contributed by atoms with Crippen molar-refractivity contribution in [2.45, 2.75) is 13.3 Å². The van der Waals surface area contributed by atoms with Gasteiger partial charge in [0.25, 0.3) is 0 Å². The molecule has 82 valence electrons. The molecule has 3 rings (SSSR count). The second kappa shape index (κ2) is 3.91. The van der Waals surface area contributed by atoms with Gasteiger partial charge in [0.1, 0.15) is 5.84 Å². The first kappa shape index (κ1) is 7.07. The minimum Gasteiger partial charge on any atom is -0.372 e. The molecule has 0 aliphatic carbocycles. The lowest BCUT2D eigenvalue weighted by atomic mass is 10.1. The molecule has 0 saturated heterocycles. The smallest absolute Gasteiger partial charge is 0.101 e. The number of hydrogen-bond donors (Lipinski definition) is 1. The Morgan fingerprint density at radius 2 is 2.44 bits per heavy atom. The van der Waals surface area contributed by atoms with Crippen molar-refractivity contribution in [1.29, 1.82) is 0 Å². The molecule has 1 aliphatic rings. The number of nitrogens with one attached hydrogen (secondary N) is 1. The molecule has 2 nitrogen and oxygen atoms in total. The number of aryl methyl sites for hydroxylation is 1. The zero-order chi connectivity index (χ0) is 13.5. The van der Waals surface area contributed by atoms with Crippen LogP contribution in [-0.2, 0) is 6.42 Å². The summed E-state index contributed by atoms with van der Waals surface area (Å²) in [5.41, 5.74) is 0.897. The number of benzene rings is 1. The Kier molecular flexibility index (Phi) is 1.73. The Balaban J connectivity index is 2.13. The van der Waals surface area contributed by atoms with Gasteiger partial charge in [0.2, 0.25) is 0 Å². The zero-order valence-electron chi connectivity index (χ0n) is 11.8. The van der Waals surface area contributed by atoms with Crippen LogP contribution in [0.25, 0.3) is 10.1 Å². The number of fused-ring (bicyclic) bond motifs is 1. The summed E-state index contributed by atoms with van der Waals surface area (Å²) >= 11 is 1.37. The Labute approximate surface area is 103 Å². The number of rotatable bonds is 2. The maximum atomic E-state index is 7.70. The van der Waals surface area contributed by atoms with E-state index >= 15 is 0 Å². The highest BCUT2D eigenvalue weighted by atomic mass is 32.1. The van der Waals surface area contributed by atoms with E-state index in [1.165, 1.54) is 11.3 Å².